The number of fused-ring (bicyclic) bond motifs is 1. The van der Waals surface area contributed by atoms with Crippen molar-refractivity contribution in [2.75, 3.05) is 26.9 Å². The zero-order valence-electron chi connectivity index (χ0n) is 25.0. The molecule has 0 bridgehead atoms. The van der Waals surface area contributed by atoms with Crippen LogP contribution in [0.5, 0.6) is 11.5 Å². The van der Waals surface area contributed by atoms with Crippen LogP contribution in [0.2, 0.25) is 0 Å². The lowest BCUT2D eigenvalue weighted by Gasteiger charge is -2.19. The monoisotopic (exact) mass is 633 g/mol. The molecule has 0 saturated carbocycles. The molecule has 1 aromatic heterocycles. The highest BCUT2D eigenvalue weighted by Crippen LogP contribution is 2.38. The summed E-state index contributed by atoms with van der Waals surface area (Å²) in [7, 11) is -4.50. The number of hydrogen-bond acceptors (Lipinski definition) is 7. The Morgan fingerprint density at radius 2 is 1.57 bits per heavy atom. The van der Waals surface area contributed by atoms with Gasteiger partial charge in [-0.1, -0.05) is 63.2 Å². The molecule has 1 heterocycles. The second kappa shape index (κ2) is 12.9. The van der Waals surface area contributed by atoms with Gasteiger partial charge in [-0.05, 0) is 47.2 Å². The third-order valence-corrected chi connectivity index (χ3v) is 7.78. The Kier molecular flexibility index (Phi) is 9.65. The second-order valence-electron chi connectivity index (χ2n) is 11.0. The third kappa shape index (κ3) is 7.19. The Balaban J connectivity index is 1.90. The predicted molar refractivity (Wildman–Crippen MR) is 161 cm³/mol. The lowest BCUT2D eigenvalue weighted by molar-refractivity contribution is -0.0500. The topological polar surface area (TPSA) is 93.1 Å². The molecule has 0 N–H and O–H groups in total. The summed E-state index contributed by atoms with van der Waals surface area (Å²) in [6.45, 7) is 8.26. The molecule has 0 amide bonds. The van der Waals surface area contributed by atoms with Gasteiger partial charge in [-0.25, -0.2) is 4.79 Å². The summed E-state index contributed by atoms with van der Waals surface area (Å²) in [6.07, 6.45) is 0. The smallest absolute Gasteiger partial charge is 0.491 e. The quantitative estimate of drug-likeness (QED) is 0.0754. The number of nitrogens with zero attached hydrogens (tertiary/aromatic N) is 1. The zero-order valence-corrected chi connectivity index (χ0v) is 25.8. The van der Waals surface area contributed by atoms with Gasteiger partial charge in [0.1, 0.15) is 23.8 Å². The van der Waals surface area contributed by atoms with Crippen molar-refractivity contribution in [2.45, 2.75) is 45.2 Å². The van der Waals surface area contributed by atoms with E-state index in [1.54, 1.807) is 17.6 Å². The molecule has 12 heteroatoms. The van der Waals surface area contributed by atoms with Crippen LogP contribution in [0.25, 0.3) is 22.0 Å². The van der Waals surface area contributed by atoms with Gasteiger partial charge in [0.15, 0.2) is 0 Å². The number of methoxy groups -OCH3 is 1. The minimum atomic E-state index is -5.95. The standard InChI is InChI=1S/C32H34F3NO7S/c1-6-41-30(37)29-28(22-11-13-23(14-12-22)31(2,3)4)26-9-7-8-10-27(26)36(29)20-21-17-24(42-16-15-40-5)19-25(18-21)43-44(38,39)32(33,34)35/h7-14,17-19H,6,15-16,20H2,1-5H3. The van der Waals surface area contributed by atoms with E-state index in [1.807, 2.05) is 42.5 Å². The highest BCUT2D eigenvalue weighted by atomic mass is 32.2. The number of para-hydroxylation sites is 1. The van der Waals surface area contributed by atoms with Crippen molar-refractivity contribution in [1.29, 1.82) is 0 Å². The van der Waals surface area contributed by atoms with E-state index >= 15 is 0 Å². The van der Waals surface area contributed by atoms with Crippen LogP contribution in [0.15, 0.2) is 66.7 Å². The van der Waals surface area contributed by atoms with Gasteiger partial charge in [0.25, 0.3) is 0 Å². The molecule has 0 aliphatic heterocycles. The number of esters is 1. The van der Waals surface area contributed by atoms with Gasteiger partial charge in [0.2, 0.25) is 0 Å². The van der Waals surface area contributed by atoms with Crippen molar-refractivity contribution < 1.29 is 44.8 Å². The molecule has 3 aromatic carbocycles. The number of hydrogen-bond donors (Lipinski definition) is 0. The van der Waals surface area contributed by atoms with Gasteiger partial charge in [-0.2, -0.15) is 21.6 Å². The van der Waals surface area contributed by atoms with Crippen LogP contribution in [-0.4, -0.2) is 51.4 Å². The summed E-state index contributed by atoms with van der Waals surface area (Å²) >= 11 is 0. The normalized spacial score (nSPS) is 12.4. The minimum Gasteiger partial charge on any atom is -0.491 e. The van der Waals surface area contributed by atoms with E-state index in [4.69, 9.17) is 14.2 Å². The Morgan fingerprint density at radius 3 is 2.18 bits per heavy atom. The van der Waals surface area contributed by atoms with Gasteiger partial charge >= 0.3 is 21.6 Å². The average Bonchev–Trinajstić information content (AvgIpc) is 3.26. The Labute approximate surface area is 254 Å². The maximum absolute atomic E-state index is 13.5. The highest BCUT2D eigenvalue weighted by molar-refractivity contribution is 7.88. The first-order chi connectivity index (χ1) is 20.7. The van der Waals surface area contributed by atoms with E-state index < -0.39 is 27.3 Å². The van der Waals surface area contributed by atoms with Crippen molar-refractivity contribution in [2.24, 2.45) is 0 Å². The Morgan fingerprint density at radius 1 is 0.909 bits per heavy atom. The van der Waals surface area contributed by atoms with E-state index in [0.717, 1.165) is 28.6 Å². The van der Waals surface area contributed by atoms with E-state index in [0.29, 0.717) is 16.6 Å². The fraction of sp³-hybridized carbons (Fsp3) is 0.344. The van der Waals surface area contributed by atoms with E-state index in [-0.39, 0.29) is 43.2 Å². The SMILES string of the molecule is CCOC(=O)c1c(-c2ccc(C(C)(C)C)cc2)c2ccccc2n1Cc1cc(OCCOC)cc(OS(=O)(=O)C(F)(F)F)c1. The van der Waals surface area contributed by atoms with Crippen LogP contribution in [0, 0.1) is 0 Å². The largest absolute Gasteiger partial charge is 0.534 e. The fourth-order valence-electron chi connectivity index (χ4n) is 4.76. The maximum Gasteiger partial charge on any atom is 0.534 e. The van der Waals surface area contributed by atoms with Gasteiger partial charge in [0.05, 0.1) is 13.2 Å². The predicted octanol–water partition coefficient (Wildman–Crippen LogP) is 7.08. The number of rotatable bonds is 11. The lowest BCUT2D eigenvalue weighted by atomic mass is 9.86. The zero-order chi connectivity index (χ0) is 32.3. The van der Waals surface area contributed by atoms with Gasteiger partial charge in [-0.3, -0.25) is 0 Å². The van der Waals surface area contributed by atoms with Crippen molar-refractivity contribution in [1.82, 2.24) is 4.57 Å². The van der Waals surface area contributed by atoms with Crippen LogP contribution >= 0.6 is 0 Å². The molecule has 4 aromatic rings. The third-order valence-electron chi connectivity index (χ3n) is 6.81. The number of halogens is 3. The molecular weight excluding hydrogens is 599 g/mol. The summed E-state index contributed by atoms with van der Waals surface area (Å²) in [4.78, 5) is 13.5. The molecular formula is C32H34F3NO7S. The van der Waals surface area contributed by atoms with E-state index in [1.165, 1.54) is 13.2 Å². The first-order valence-electron chi connectivity index (χ1n) is 13.8. The molecule has 0 aliphatic rings. The number of alkyl halides is 3. The summed E-state index contributed by atoms with van der Waals surface area (Å²) < 4.78 is 85.2. The number of aromatic nitrogens is 1. The number of carbonyl (C=O) groups excluding carboxylic acids is 1. The Hall–Kier alpha value is -4.03. The number of ether oxygens (including phenoxy) is 3. The number of benzene rings is 3. The average molecular weight is 634 g/mol. The lowest BCUT2D eigenvalue weighted by Crippen LogP contribution is -2.28. The van der Waals surface area contributed by atoms with Crippen LogP contribution in [-0.2, 0) is 31.6 Å². The van der Waals surface area contributed by atoms with Gasteiger partial charge in [0, 0.05) is 36.2 Å². The first kappa shape index (κ1) is 32.9. The minimum absolute atomic E-state index is 0.0423. The second-order valence-corrected chi connectivity index (χ2v) is 12.5. The molecule has 0 atom stereocenters. The maximum atomic E-state index is 13.5. The van der Waals surface area contributed by atoms with Crippen molar-refractivity contribution in [3.05, 3.63) is 83.6 Å². The highest BCUT2D eigenvalue weighted by Gasteiger charge is 2.48. The molecule has 0 aliphatic carbocycles. The van der Waals surface area contributed by atoms with Crippen LogP contribution in [0.3, 0.4) is 0 Å². The number of carbonyl (C=O) groups is 1. The first-order valence-corrected chi connectivity index (χ1v) is 15.2. The van der Waals surface area contributed by atoms with Crippen molar-refractivity contribution >= 4 is 27.0 Å². The molecule has 236 valence electrons. The van der Waals surface area contributed by atoms with E-state index in [9.17, 15) is 26.4 Å². The van der Waals surface area contributed by atoms with Crippen molar-refractivity contribution in [3.63, 3.8) is 0 Å². The van der Waals surface area contributed by atoms with Gasteiger partial charge < -0.3 is 23.0 Å². The molecule has 0 fully saturated rings. The Bertz CT molecular complexity index is 1740. The molecule has 0 spiro atoms. The fourth-order valence-corrected chi connectivity index (χ4v) is 5.21. The summed E-state index contributed by atoms with van der Waals surface area (Å²) in [6, 6.07) is 18.9. The van der Waals surface area contributed by atoms with E-state index in [2.05, 4.69) is 25.0 Å². The summed E-state index contributed by atoms with van der Waals surface area (Å²) in [5.74, 6) is -1.14. The summed E-state index contributed by atoms with van der Waals surface area (Å²) in [5.41, 5.74) is -2.02. The molecule has 4 rings (SSSR count). The summed E-state index contributed by atoms with van der Waals surface area (Å²) in [5, 5.41) is 0.752. The molecule has 0 radical (unpaired) electrons. The van der Waals surface area contributed by atoms with Crippen molar-refractivity contribution in [3.8, 4) is 22.6 Å². The van der Waals surface area contributed by atoms with Crippen LogP contribution in [0.1, 0.15) is 49.3 Å². The van der Waals surface area contributed by atoms with Crippen LogP contribution in [0.4, 0.5) is 13.2 Å². The molecule has 0 saturated heterocycles. The molecule has 44 heavy (non-hydrogen) atoms. The van der Waals surface area contributed by atoms with Gasteiger partial charge in [-0.15, -0.1) is 0 Å². The molecule has 8 nitrogen and oxygen atoms in total. The molecule has 0 unspecified atom stereocenters. The van der Waals surface area contributed by atoms with Crippen LogP contribution < -0.4 is 8.92 Å².